The summed E-state index contributed by atoms with van der Waals surface area (Å²) in [5, 5.41) is 17.5. The summed E-state index contributed by atoms with van der Waals surface area (Å²) in [7, 11) is 1.34. The predicted molar refractivity (Wildman–Crippen MR) is 163 cm³/mol. The zero-order valence-electron chi connectivity index (χ0n) is 25.1. The van der Waals surface area contributed by atoms with E-state index in [1.54, 1.807) is 20.3 Å². The van der Waals surface area contributed by atoms with Gasteiger partial charge in [-0.2, -0.15) is 0 Å². The van der Waals surface area contributed by atoms with E-state index in [0.717, 1.165) is 42.0 Å². The fraction of sp³-hybridized carbons (Fsp3) is 0.533. The first-order valence-corrected chi connectivity index (χ1v) is 16.6. The molecule has 0 spiro atoms. The summed E-state index contributed by atoms with van der Waals surface area (Å²) in [4.78, 5) is 9.28. The van der Waals surface area contributed by atoms with E-state index in [1.165, 1.54) is 6.20 Å². The van der Waals surface area contributed by atoms with Gasteiger partial charge in [0.1, 0.15) is 28.6 Å². The molecule has 0 radical (unpaired) electrons. The lowest BCUT2D eigenvalue weighted by Crippen LogP contribution is -2.48. The summed E-state index contributed by atoms with van der Waals surface area (Å²) in [5.74, 6) is 2.21. The van der Waals surface area contributed by atoms with Crippen LogP contribution in [0.3, 0.4) is 0 Å². The number of aromatic hydroxyl groups is 1. The van der Waals surface area contributed by atoms with Crippen LogP contribution in [0.15, 0.2) is 36.5 Å². The molecule has 3 N–H and O–H groups in total. The number of benzene rings is 1. The predicted octanol–water partition coefficient (Wildman–Crippen LogP) is 7.35. The number of methoxy groups -OCH3 is 2. The molecule has 3 aromatic rings. The summed E-state index contributed by atoms with van der Waals surface area (Å²) in [6, 6.07) is 9.37. The molecule has 9 heteroatoms. The van der Waals surface area contributed by atoms with Crippen molar-refractivity contribution < 1.29 is 19.0 Å². The summed E-state index contributed by atoms with van der Waals surface area (Å²) in [6.45, 7) is 16.9. The fourth-order valence-electron chi connectivity index (χ4n) is 4.09. The van der Waals surface area contributed by atoms with Crippen LogP contribution < -0.4 is 20.1 Å². The smallest absolute Gasteiger partial charge is 0.192 e. The highest BCUT2D eigenvalue weighted by molar-refractivity contribution is 6.74. The Morgan fingerprint density at radius 1 is 1.03 bits per heavy atom. The van der Waals surface area contributed by atoms with Gasteiger partial charge < -0.3 is 29.6 Å². The van der Waals surface area contributed by atoms with Crippen molar-refractivity contribution in [1.29, 1.82) is 0 Å². The van der Waals surface area contributed by atoms with Crippen molar-refractivity contribution in [2.24, 2.45) is 0 Å². The first-order chi connectivity index (χ1) is 18.3. The van der Waals surface area contributed by atoms with Crippen molar-refractivity contribution in [2.45, 2.75) is 84.1 Å². The Labute approximate surface area is 234 Å². The van der Waals surface area contributed by atoms with Gasteiger partial charge in [-0.05, 0) is 43.6 Å². The number of hydrogen-bond acceptors (Lipinski definition) is 8. The van der Waals surface area contributed by atoms with E-state index < -0.39 is 8.32 Å². The van der Waals surface area contributed by atoms with Crippen LogP contribution in [-0.4, -0.2) is 49.8 Å². The van der Waals surface area contributed by atoms with Crippen LogP contribution in [0.5, 0.6) is 17.2 Å². The zero-order valence-corrected chi connectivity index (χ0v) is 26.1. The molecule has 2 heterocycles. The molecule has 39 heavy (non-hydrogen) atoms. The highest BCUT2D eigenvalue weighted by atomic mass is 28.4. The third kappa shape index (κ3) is 7.76. The maximum absolute atomic E-state index is 10.1. The quantitative estimate of drug-likeness (QED) is 0.189. The molecule has 0 aliphatic carbocycles. The molecule has 8 nitrogen and oxygen atoms in total. The monoisotopic (exact) mass is 554 g/mol. The highest BCUT2D eigenvalue weighted by Crippen LogP contribution is 2.38. The molecule has 1 atom stereocenters. The van der Waals surface area contributed by atoms with Crippen LogP contribution in [0.1, 0.15) is 59.4 Å². The number of fused-ring (bicyclic) bond motifs is 1. The Morgan fingerprint density at radius 3 is 2.41 bits per heavy atom. The number of aromatic nitrogens is 2. The second kappa shape index (κ2) is 12.4. The Balaban J connectivity index is 1.94. The van der Waals surface area contributed by atoms with Crippen molar-refractivity contribution in [3.63, 3.8) is 0 Å². The molecule has 0 fully saturated rings. The van der Waals surface area contributed by atoms with Gasteiger partial charge in [0, 0.05) is 30.3 Å². The van der Waals surface area contributed by atoms with Gasteiger partial charge in [-0.25, -0.2) is 9.97 Å². The number of nitrogens with one attached hydrogen (secondary N) is 2. The fourth-order valence-corrected chi connectivity index (χ4v) is 5.20. The molecule has 2 aromatic heterocycles. The zero-order chi connectivity index (χ0) is 28.8. The normalized spacial score (nSPS) is 13.7. The molecule has 214 valence electrons. The van der Waals surface area contributed by atoms with E-state index in [9.17, 15) is 5.11 Å². The molecule has 0 amide bonds. The topological polar surface area (TPSA) is 97.8 Å². The number of hydrogen-bond donors (Lipinski definition) is 3. The summed E-state index contributed by atoms with van der Waals surface area (Å²) in [6.07, 6.45) is 4.58. The Hall–Kier alpha value is -3.04. The Kier molecular flexibility index (Phi) is 9.72. The summed E-state index contributed by atoms with van der Waals surface area (Å²) < 4.78 is 17.6. The SMILES string of the molecule is CCCC[C@](C)(CO[Si](C)(C)C(C)(C)C)Nc1cc(NCc2ccc(OC)cc2OC)nc2cc(O)cnc12. The van der Waals surface area contributed by atoms with Gasteiger partial charge in [-0.1, -0.05) is 40.5 Å². The second-order valence-electron chi connectivity index (χ2n) is 12.0. The number of ether oxygens (including phenoxy) is 2. The molecule has 0 aliphatic rings. The van der Waals surface area contributed by atoms with E-state index in [1.807, 2.05) is 24.3 Å². The standard InChI is InChI=1S/C30H46N4O4Si/c1-10-11-14-30(5,20-38-39(8,9)29(2,3)4)34-25-17-27(33-24-15-22(35)19-32-28(24)25)31-18-21-12-13-23(36-6)16-26(21)37-7/h12-13,15-17,19,35H,10-11,14,18,20H2,1-9H3,(H2,31,33,34)/t30-/m1/s1. The first kappa shape index (κ1) is 30.5. The van der Waals surface area contributed by atoms with Crippen LogP contribution in [-0.2, 0) is 11.0 Å². The summed E-state index contributed by atoms with van der Waals surface area (Å²) >= 11 is 0. The lowest BCUT2D eigenvalue weighted by Gasteiger charge is -2.41. The van der Waals surface area contributed by atoms with Gasteiger partial charge in [0.05, 0.1) is 43.8 Å². The molecular formula is C30H46N4O4Si. The second-order valence-corrected chi connectivity index (χ2v) is 16.8. The van der Waals surface area contributed by atoms with Crippen molar-refractivity contribution in [3.05, 3.63) is 42.1 Å². The average molecular weight is 555 g/mol. The van der Waals surface area contributed by atoms with Crippen molar-refractivity contribution in [3.8, 4) is 17.2 Å². The van der Waals surface area contributed by atoms with E-state index >= 15 is 0 Å². The highest BCUT2D eigenvalue weighted by Gasteiger charge is 2.39. The molecular weight excluding hydrogens is 508 g/mol. The Bertz CT molecular complexity index is 1260. The Morgan fingerprint density at radius 2 is 1.77 bits per heavy atom. The minimum Gasteiger partial charge on any atom is -0.506 e. The van der Waals surface area contributed by atoms with Crippen molar-refractivity contribution in [1.82, 2.24) is 9.97 Å². The molecule has 0 saturated heterocycles. The van der Waals surface area contributed by atoms with E-state index in [4.69, 9.17) is 18.9 Å². The molecule has 0 unspecified atom stereocenters. The minimum absolute atomic E-state index is 0.0740. The van der Waals surface area contributed by atoms with E-state index in [-0.39, 0.29) is 16.3 Å². The summed E-state index contributed by atoms with van der Waals surface area (Å²) in [5.41, 5.74) is 2.82. The van der Waals surface area contributed by atoms with Crippen LogP contribution in [0, 0.1) is 0 Å². The van der Waals surface area contributed by atoms with Gasteiger partial charge in [0.15, 0.2) is 8.32 Å². The molecule has 1 aromatic carbocycles. The number of anilines is 2. The maximum atomic E-state index is 10.1. The largest absolute Gasteiger partial charge is 0.506 e. The van der Waals surface area contributed by atoms with Crippen LogP contribution in [0.4, 0.5) is 11.5 Å². The van der Waals surface area contributed by atoms with E-state index in [2.05, 4.69) is 63.3 Å². The van der Waals surface area contributed by atoms with Gasteiger partial charge in [-0.3, -0.25) is 0 Å². The molecule has 3 rings (SSSR count). The molecule has 0 bridgehead atoms. The van der Waals surface area contributed by atoms with E-state index in [0.29, 0.717) is 30.0 Å². The third-order valence-electron chi connectivity index (χ3n) is 7.66. The molecule has 0 saturated carbocycles. The first-order valence-electron chi connectivity index (χ1n) is 13.7. The van der Waals surface area contributed by atoms with Gasteiger partial charge >= 0.3 is 0 Å². The minimum atomic E-state index is -1.94. The average Bonchev–Trinajstić information content (AvgIpc) is 2.88. The van der Waals surface area contributed by atoms with Crippen molar-refractivity contribution in [2.75, 3.05) is 31.5 Å². The third-order valence-corrected chi connectivity index (χ3v) is 12.1. The maximum Gasteiger partial charge on any atom is 0.192 e. The van der Waals surface area contributed by atoms with Gasteiger partial charge in [-0.15, -0.1) is 0 Å². The van der Waals surface area contributed by atoms with Gasteiger partial charge in [0.2, 0.25) is 0 Å². The van der Waals surface area contributed by atoms with Crippen LogP contribution in [0.25, 0.3) is 11.0 Å². The number of unbranched alkanes of at least 4 members (excludes halogenated alkanes) is 1. The molecule has 0 aliphatic heterocycles. The number of pyridine rings is 2. The number of nitrogens with zero attached hydrogens (tertiary/aromatic N) is 2. The lowest BCUT2D eigenvalue weighted by atomic mass is 9.95. The van der Waals surface area contributed by atoms with Crippen LogP contribution in [0.2, 0.25) is 18.1 Å². The van der Waals surface area contributed by atoms with Crippen molar-refractivity contribution >= 4 is 30.9 Å². The number of rotatable bonds is 13. The lowest BCUT2D eigenvalue weighted by molar-refractivity contribution is 0.214. The van der Waals surface area contributed by atoms with Gasteiger partial charge in [0.25, 0.3) is 0 Å². The van der Waals surface area contributed by atoms with Crippen LogP contribution >= 0.6 is 0 Å².